The number of carbonyl (C=O) groups excluding carboxylic acids is 2. The Morgan fingerprint density at radius 2 is 1.72 bits per heavy atom. The number of nitrogens with one attached hydrogen (secondary N) is 1. The molecule has 0 aliphatic heterocycles. The van der Waals surface area contributed by atoms with Crippen LogP contribution in [0.1, 0.15) is 77.5 Å². The van der Waals surface area contributed by atoms with Crippen LogP contribution in [-0.2, 0) is 19.5 Å². The van der Waals surface area contributed by atoms with E-state index in [4.69, 9.17) is 4.42 Å². The minimum Gasteiger partial charge on any atom is -0.455 e. The van der Waals surface area contributed by atoms with Gasteiger partial charge in [0.1, 0.15) is 5.76 Å². The van der Waals surface area contributed by atoms with E-state index in [-0.39, 0.29) is 22.9 Å². The molecule has 1 heterocycles. The maximum absolute atomic E-state index is 12.7. The number of nitrogens with zero attached hydrogens (tertiary/aromatic N) is 1. The van der Waals surface area contributed by atoms with Crippen molar-refractivity contribution in [2.24, 2.45) is 5.41 Å². The summed E-state index contributed by atoms with van der Waals surface area (Å²) in [7, 11) is 0. The Hall–Kier alpha value is -2.40. The van der Waals surface area contributed by atoms with Gasteiger partial charge in [-0.15, -0.1) is 0 Å². The summed E-state index contributed by atoms with van der Waals surface area (Å²) in [5.41, 5.74) is 3.43. The van der Waals surface area contributed by atoms with E-state index in [2.05, 4.69) is 50.0 Å². The first-order chi connectivity index (χ1) is 13.7. The van der Waals surface area contributed by atoms with E-state index in [1.165, 1.54) is 5.56 Å². The molecule has 1 aromatic carbocycles. The van der Waals surface area contributed by atoms with Gasteiger partial charge in [-0.3, -0.25) is 14.5 Å². The average Bonchev–Trinajstić information content (AvgIpc) is 3.00. The molecule has 5 heteroatoms. The molecular weight excluding hydrogens is 364 g/mol. The molecule has 0 spiro atoms. The molecule has 29 heavy (non-hydrogen) atoms. The number of rotatable bonds is 7. The fourth-order valence-corrected chi connectivity index (χ4v) is 4.03. The van der Waals surface area contributed by atoms with Crippen molar-refractivity contribution in [1.82, 2.24) is 10.2 Å². The zero-order valence-electron chi connectivity index (χ0n) is 18.2. The zero-order valence-corrected chi connectivity index (χ0v) is 18.2. The number of benzene rings is 1. The Balaban J connectivity index is 1.65. The summed E-state index contributed by atoms with van der Waals surface area (Å²) in [6.45, 7) is 13.6. The number of hydrogen-bond acceptors (Lipinski definition) is 4. The highest BCUT2D eigenvalue weighted by Gasteiger charge is 2.36. The molecule has 5 nitrogen and oxygen atoms in total. The highest BCUT2D eigenvalue weighted by atomic mass is 16.4. The summed E-state index contributed by atoms with van der Waals surface area (Å²) >= 11 is 0. The van der Waals surface area contributed by atoms with E-state index in [0.29, 0.717) is 36.3 Å². The molecular formula is C24H32N2O3. The fourth-order valence-electron chi connectivity index (χ4n) is 4.03. The second-order valence-electron chi connectivity index (χ2n) is 8.76. The molecule has 0 radical (unpaired) electrons. The van der Waals surface area contributed by atoms with Gasteiger partial charge in [0.25, 0.3) is 5.91 Å². The van der Waals surface area contributed by atoms with Crippen molar-refractivity contribution in [2.75, 3.05) is 13.1 Å². The van der Waals surface area contributed by atoms with E-state index in [9.17, 15) is 9.59 Å². The van der Waals surface area contributed by atoms with Crippen LogP contribution in [0.3, 0.4) is 0 Å². The Bertz CT molecular complexity index is 890. The van der Waals surface area contributed by atoms with Crippen LogP contribution in [0.4, 0.5) is 0 Å². The first-order valence-corrected chi connectivity index (χ1v) is 10.5. The number of Topliss-reactive ketones (excluding diaryl/α,β-unsaturated/α-hetero) is 1. The summed E-state index contributed by atoms with van der Waals surface area (Å²) in [5.74, 6) is 0.712. The Kier molecular flexibility index (Phi) is 6.27. The van der Waals surface area contributed by atoms with Crippen LogP contribution in [0.25, 0.3) is 0 Å². The van der Waals surface area contributed by atoms with Crippen molar-refractivity contribution in [3.8, 4) is 0 Å². The van der Waals surface area contributed by atoms with Crippen molar-refractivity contribution in [3.05, 3.63) is 58.0 Å². The third-order valence-corrected chi connectivity index (χ3v) is 5.76. The maximum atomic E-state index is 12.7. The number of amides is 1. The fraction of sp³-hybridized carbons (Fsp3) is 0.500. The summed E-state index contributed by atoms with van der Waals surface area (Å²) in [5, 5.41) is 2.93. The molecule has 3 rings (SSSR count). The summed E-state index contributed by atoms with van der Waals surface area (Å²) in [6.07, 6.45) is 1.16. The zero-order chi connectivity index (χ0) is 21.2. The number of furan rings is 1. The standard InChI is InChI=1S/C24H32N2O3/c1-6-26(7-2)15-18-10-8-17(9-11-18)14-25-23(28)22-16(3)21-19(27)12-24(4,5)13-20(21)29-22/h8-11H,6-7,12-15H2,1-5H3,(H,25,28). The van der Waals surface area contributed by atoms with Crippen molar-refractivity contribution in [1.29, 1.82) is 0 Å². The molecule has 1 aliphatic rings. The largest absolute Gasteiger partial charge is 0.455 e. The van der Waals surface area contributed by atoms with Crippen LogP contribution in [0, 0.1) is 12.3 Å². The van der Waals surface area contributed by atoms with E-state index in [0.717, 1.165) is 25.2 Å². The van der Waals surface area contributed by atoms with E-state index in [1.807, 2.05) is 12.1 Å². The average molecular weight is 397 g/mol. The predicted octanol–water partition coefficient (Wildman–Crippen LogP) is 4.51. The Morgan fingerprint density at radius 1 is 1.10 bits per heavy atom. The molecule has 2 aromatic rings. The van der Waals surface area contributed by atoms with Gasteiger partial charge in [0, 0.05) is 31.5 Å². The molecule has 0 unspecified atom stereocenters. The summed E-state index contributed by atoms with van der Waals surface area (Å²) in [4.78, 5) is 27.5. The van der Waals surface area contributed by atoms with Crippen molar-refractivity contribution in [2.45, 2.75) is 60.5 Å². The van der Waals surface area contributed by atoms with Gasteiger partial charge in [0.05, 0.1) is 5.56 Å². The molecule has 0 bridgehead atoms. The normalized spacial score (nSPS) is 15.4. The lowest BCUT2D eigenvalue weighted by atomic mass is 9.76. The number of fused-ring (bicyclic) bond motifs is 1. The maximum Gasteiger partial charge on any atom is 0.287 e. The minimum absolute atomic E-state index is 0.0698. The number of hydrogen-bond donors (Lipinski definition) is 1. The lowest BCUT2D eigenvalue weighted by Crippen LogP contribution is -2.26. The molecule has 1 amide bonds. The second-order valence-corrected chi connectivity index (χ2v) is 8.76. The van der Waals surface area contributed by atoms with Gasteiger partial charge >= 0.3 is 0 Å². The highest BCUT2D eigenvalue weighted by molar-refractivity contribution is 6.03. The molecule has 0 atom stereocenters. The van der Waals surface area contributed by atoms with E-state index in [1.54, 1.807) is 6.92 Å². The molecule has 0 saturated heterocycles. The van der Waals surface area contributed by atoms with Crippen molar-refractivity contribution >= 4 is 11.7 Å². The van der Waals surface area contributed by atoms with Crippen LogP contribution in [-0.4, -0.2) is 29.7 Å². The topological polar surface area (TPSA) is 62.6 Å². The summed E-state index contributed by atoms with van der Waals surface area (Å²) in [6, 6.07) is 8.31. The predicted molar refractivity (Wildman–Crippen MR) is 114 cm³/mol. The molecule has 0 saturated carbocycles. The first kappa shape index (κ1) is 21.3. The third kappa shape index (κ3) is 4.78. The molecule has 1 aliphatic carbocycles. The third-order valence-electron chi connectivity index (χ3n) is 5.76. The molecule has 156 valence electrons. The Labute approximate surface area is 173 Å². The van der Waals surface area contributed by atoms with Crippen molar-refractivity contribution < 1.29 is 14.0 Å². The van der Waals surface area contributed by atoms with Crippen LogP contribution in [0.2, 0.25) is 0 Å². The van der Waals surface area contributed by atoms with Crippen LogP contribution in [0.5, 0.6) is 0 Å². The van der Waals surface area contributed by atoms with Gasteiger partial charge in [-0.05, 0) is 36.6 Å². The van der Waals surface area contributed by atoms with Gasteiger partial charge in [-0.1, -0.05) is 52.0 Å². The van der Waals surface area contributed by atoms with Gasteiger partial charge in [0.2, 0.25) is 0 Å². The van der Waals surface area contributed by atoms with E-state index >= 15 is 0 Å². The minimum atomic E-state index is -0.269. The smallest absolute Gasteiger partial charge is 0.287 e. The summed E-state index contributed by atoms with van der Waals surface area (Å²) < 4.78 is 5.84. The monoisotopic (exact) mass is 396 g/mol. The number of ketones is 1. The van der Waals surface area contributed by atoms with Crippen LogP contribution >= 0.6 is 0 Å². The SMILES string of the molecule is CCN(CC)Cc1ccc(CNC(=O)c2oc3c(c2C)C(=O)CC(C)(C)C3)cc1. The quantitative estimate of drug-likeness (QED) is 0.748. The van der Waals surface area contributed by atoms with Gasteiger partial charge in [-0.2, -0.15) is 0 Å². The first-order valence-electron chi connectivity index (χ1n) is 10.5. The second kappa shape index (κ2) is 8.54. The molecule has 0 fully saturated rings. The van der Waals surface area contributed by atoms with Gasteiger partial charge in [-0.25, -0.2) is 0 Å². The highest BCUT2D eigenvalue weighted by Crippen LogP contribution is 2.38. The number of carbonyl (C=O) groups is 2. The van der Waals surface area contributed by atoms with E-state index < -0.39 is 0 Å². The van der Waals surface area contributed by atoms with Crippen molar-refractivity contribution in [3.63, 3.8) is 0 Å². The lowest BCUT2D eigenvalue weighted by Gasteiger charge is -2.27. The Morgan fingerprint density at radius 3 is 2.34 bits per heavy atom. The lowest BCUT2D eigenvalue weighted by molar-refractivity contribution is 0.0888. The van der Waals surface area contributed by atoms with Crippen LogP contribution < -0.4 is 5.32 Å². The molecule has 1 N–H and O–H groups in total. The molecule has 1 aromatic heterocycles. The van der Waals surface area contributed by atoms with Gasteiger partial charge in [0.15, 0.2) is 11.5 Å². The van der Waals surface area contributed by atoms with Gasteiger partial charge < -0.3 is 9.73 Å². The van der Waals surface area contributed by atoms with Crippen LogP contribution in [0.15, 0.2) is 28.7 Å².